The van der Waals surface area contributed by atoms with Crippen molar-refractivity contribution in [3.63, 3.8) is 0 Å². The first kappa shape index (κ1) is 18.6. The van der Waals surface area contributed by atoms with Crippen LogP contribution in [0.15, 0.2) is 44.2 Å². The van der Waals surface area contributed by atoms with Crippen molar-refractivity contribution in [1.82, 2.24) is 5.32 Å². The van der Waals surface area contributed by atoms with Gasteiger partial charge in [0.25, 0.3) is 0 Å². The first-order chi connectivity index (χ1) is 12.3. The van der Waals surface area contributed by atoms with Crippen LogP contribution in [0, 0.1) is 0 Å². The second-order valence-electron chi connectivity index (χ2n) is 6.09. The summed E-state index contributed by atoms with van der Waals surface area (Å²) in [6, 6.07) is 6.49. The largest absolute Gasteiger partial charge is 0.492 e. The predicted octanol–water partition coefficient (Wildman–Crippen LogP) is 4.21. The summed E-state index contributed by atoms with van der Waals surface area (Å²) in [6.45, 7) is 4.38. The molecule has 3 aromatic rings. The molecule has 1 aromatic carbocycles. The van der Waals surface area contributed by atoms with Gasteiger partial charge >= 0.3 is 11.7 Å². The van der Waals surface area contributed by atoms with Gasteiger partial charge in [-0.3, -0.25) is 0 Å². The van der Waals surface area contributed by atoms with Gasteiger partial charge in [0.15, 0.2) is 3.61 Å². The first-order valence-electron chi connectivity index (χ1n) is 8.06. The zero-order chi connectivity index (χ0) is 18.7. The monoisotopic (exact) mass is 471 g/mol. The van der Waals surface area contributed by atoms with E-state index in [-0.39, 0.29) is 0 Å². The summed E-state index contributed by atoms with van der Waals surface area (Å²) in [5, 5.41) is 4.17. The van der Waals surface area contributed by atoms with Crippen LogP contribution >= 0.6 is 22.6 Å². The molecular weight excluding hydrogens is 453 g/mol. The van der Waals surface area contributed by atoms with Gasteiger partial charge in [-0.05, 0) is 55.0 Å². The van der Waals surface area contributed by atoms with Crippen molar-refractivity contribution in [2.45, 2.75) is 23.9 Å². The van der Waals surface area contributed by atoms with E-state index in [4.69, 9.17) is 18.3 Å². The standard InChI is InChI=1S/C18H18INO6/c1-18(2,19)26-17(22)20-7-3-8-24-16-11-4-5-15(21)25-14(11)10-13-12(16)6-9-23-13/h4-6,9-10H,3,7-8H2,1-2H3,(H,20,22). The molecule has 26 heavy (non-hydrogen) atoms. The SMILES string of the molecule is CC(C)(I)OC(=O)NCCCOc1c2ccoc2cc2oc(=O)ccc12. The Bertz CT molecular complexity index is 985. The summed E-state index contributed by atoms with van der Waals surface area (Å²) < 4.78 is 21.1. The highest BCUT2D eigenvalue weighted by Crippen LogP contribution is 2.35. The molecule has 0 spiro atoms. The Hall–Kier alpha value is -2.23. The van der Waals surface area contributed by atoms with E-state index in [0.717, 1.165) is 5.39 Å². The summed E-state index contributed by atoms with van der Waals surface area (Å²) >= 11 is 2.04. The number of carbonyl (C=O) groups is 1. The Kier molecular flexibility index (Phi) is 5.40. The van der Waals surface area contributed by atoms with Gasteiger partial charge < -0.3 is 23.6 Å². The molecule has 0 fully saturated rings. The molecule has 3 rings (SSSR count). The summed E-state index contributed by atoms with van der Waals surface area (Å²) in [7, 11) is 0. The van der Waals surface area contributed by atoms with E-state index in [2.05, 4.69) is 5.32 Å². The van der Waals surface area contributed by atoms with Crippen molar-refractivity contribution >= 4 is 50.6 Å². The van der Waals surface area contributed by atoms with Gasteiger partial charge in [0.1, 0.15) is 16.9 Å². The molecule has 2 aromatic heterocycles. The van der Waals surface area contributed by atoms with E-state index in [9.17, 15) is 9.59 Å². The quantitative estimate of drug-likeness (QED) is 0.251. The van der Waals surface area contributed by atoms with Crippen LogP contribution in [0.3, 0.4) is 0 Å². The average Bonchev–Trinajstić information content (AvgIpc) is 2.99. The number of furan rings is 1. The molecule has 8 heteroatoms. The van der Waals surface area contributed by atoms with Crippen LogP contribution in [0.1, 0.15) is 20.3 Å². The topological polar surface area (TPSA) is 90.9 Å². The van der Waals surface area contributed by atoms with Crippen molar-refractivity contribution < 1.29 is 23.1 Å². The van der Waals surface area contributed by atoms with Crippen LogP contribution in [-0.4, -0.2) is 22.9 Å². The molecule has 0 aliphatic carbocycles. The molecular formula is C18H18INO6. The fourth-order valence-corrected chi connectivity index (χ4v) is 2.66. The van der Waals surface area contributed by atoms with Gasteiger partial charge in [-0.2, -0.15) is 0 Å². The van der Waals surface area contributed by atoms with E-state index in [1.54, 1.807) is 38.3 Å². The highest BCUT2D eigenvalue weighted by Gasteiger charge is 2.17. The van der Waals surface area contributed by atoms with Crippen LogP contribution in [-0.2, 0) is 4.74 Å². The van der Waals surface area contributed by atoms with E-state index < -0.39 is 15.3 Å². The molecule has 2 heterocycles. The maximum Gasteiger partial charge on any atom is 0.408 e. The second-order valence-corrected chi connectivity index (χ2v) is 8.68. The number of nitrogens with one attached hydrogen (secondary N) is 1. The second kappa shape index (κ2) is 7.56. The highest BCUT2D eigenvalue weighted by molar-refractivity contribution is 14.1. The van der Waals surface area contributed by atoms with E-state index in [1.807, 2.05) is 22.6 Å². The Morgan fingerprint density at radius 3 is 2.77 bits per heavy atom. The minimum atomic E-state index is -0.557. The molecule has 1 N–H and O–H groups in total. The molecule has 0 aliphatic heterocycles. The molecule has 1 amide bonds. The fourth-order valence-electron chi connectivity index (χ4n) is 2.46. The number of fused-ring (bicyclic) bond motifs is 2. The third-order valence-electron chi connectivity index (χ3n) is 3.48. The number of rotatable bonds is 6. The van der Waals surface area contributed by atoms with Gasteiger partial charge in [0.2, 0.25) is 0 Å². The first-order valence-corrected chi connectivity index (χ1v) is 9.14. The van der Waals surface area contributed by atoms with Crippen molar-refractivity contribution in [2.75, 3.05) is 13.2 Å². The summed E-state index contributed by atoms with van der Waals surface area (Å²) in [4.78, 5) is 23.0. The lowest BCUT2D eigenvalue weighted by Crippen LogP contribution is -2.31. The van der Waals surface area contributed by atoms with E-state index in [0.29, 0.717) is 41.9 Å². The number of benzene rings is 1. The van der Waals surface area contributed by atoms with Gasteiger partial charge in [-0.15, -0.1) is 0 Å². The summed E-state index contributed by atoms with van der Waals surface area (Å²) in [5.74, 6) is 0.589. The van der Waals surface area contributed by atoms with Crippen molar-refractivity contribution in [2.24, 2.45) is 0 Å². The number of alkyl halides is 1. The Morgan fingerprint density at radius 2 is 2.00 bits per heavy atom. The van der Waals surface area contributed by atoms with Gasteiger partial charge in [0, 0.05) is 18.7 Å². The lowest BCUT2D eigenvalue weighted by Gasteiger charge is -2.17. The molecule has 138 valence electrons. The molecule has 0 aliphatic rings. The molecule has 7 nitrogen and oxygen atoms in total. The maximum absolute atomic E-state index is 11.6. The van der Waals surface area contributed by atoms with Crippen molar-refractivity contribution in [3.8, 4) is 5.75 Å². The molecule has 0 saturated carbocycles. The zero-order valence-corrected chi connectivity index (χ0v) is 16.5. The van der Waals surface area contributed by atoms with Gasteiger partial charge in [-0.25, -0.2) is 9.59 Å². The predicted molar refractivity (Wildman–Crippen MR) is 105 cm³/mol. The zero-order valence-electron chi connectivity index (χ0n) is 14.3. The summed E-state index contributed by atoms with van der Waals surface area (Å²) in [6.07, 6.45) is 1.68. The van der Waals surface area contributed by atoms with E-state index >= 15 is 0 Å². The average molecular weight is 471 g/mol. The number of halogens is 1. The summed E-state index contributed by atoms with van der Waals surface area (Å²) in [5.41, 5.74) is 0.545. The van der Waals surface area contributed by atoms with Gasteiger partial charge in [0.05, 0.1) is 23.6 Å². The Labute approximate surface area is 162 Å². The molecule has 0 saturated heterocycles. The number of ether oxygens (including phenoxy) is 2. The molecule has 0 radical (unpaired) electrons. The van der Waals surface area contributed by atoms with Gasteiger partial charge in [-0.1, -0.05) is 0 Å². The third kappa shape index (κ3) is 4.48. The minimum Gasteiger partial charge on any atom is -0.492 e. The van der Waals surface area contributed by atoms with Crippen molar-refractivity contribution in [1.29, 1.82) is 0 Å². The number of hydrogen-bond donors (Lipinski definition) is 1. The van der Waals surface area contributed by atoms with Crippen LogP contribution < -0.4 is 15.7 Å². The lowest BCUT2D eigenvalue weighted by atomic mass is 10.1. The smallest absolute Gasteiger partial charge is 0.408 e. The third-order valence-corrected chi connectivity index (χ3v) is 3.70. The number of carbonyl (C=O) groups excluding carboxylic acids is 1. The molecule has 0 unspecified atom stereocenters. The maximum atomic E-state index is 11.6. The van der Waals surface area contributed by atoms with E-state index in [1.165, 1.54) is 6.07 Å². The van der Waals surface area contributed by atoms with Crippen LogP contribution in [0.5, 0.6) is 5.75 Å². The Balaban J connectivity index is 1.66. The van der Waals surface area contributed by atoms with Crippen LogP contribution in [0.25, 0.3) is 21.9 Å². The Morgan fingerprint density at radius 1 is 1.23 bits per heavy atom. The molecule has 0 atom stereocenters. The lowest BCUT2D eigenvalue weighted by molar-refractivity contribution is 0.106. The number of alkyl carbamates (subject to hydrolysis) is 1. The molecule has 0 bridgehead atoms. The van der Waals surface area contributed by atoms with Crippen LogP contribution in [0.2, 0.25) is 0 Å². The number of amides is 1. The normalized spacial score (nSPS) is 11.7. The fraction of sp³-hybridized carbons (Fsp3) is 0.333. The van der Waals surface area contributed by atoms with Crippen LogP contribution in [0.4, 0.5) is 4.79 Å². The van der Waals surface area contributed by atoms with Crippen molar-refractivity contribution in [3.05, 3.63) is 40.9 Å². The number of hydrogen-bond acceptors (Lipinski definition) is 6. The minimum absolute atomic E-state index is 0.367. The highest BCUT2D eigenvalue weighted by atomic mass is 127.